The van der Waals surface area contributed by atoms with Crippen molar-refractivity contribution in [1.82, 2.24) is 9.80 Å². The van der Waals surface area contributed by atoms with E-state index in [2.05, 4.69) is 12.1 Å². The summed E-state index contributed by atoms with van der Waals surface area (Å²) in [5.74, 6) is 0.551. The second-order valence-corrected chi connectivity index (χ2v) is 6.96. The summed E-state index contributed by atoms with van der Waals surface area (Å²) in [5, 5.41) is 0. The van der Waals surface area contributed by atoms with Crippen molar-refractivity contribution < 1.29 is 14.4 Å². The number of unbranched alkanes of at least 4 members (excludes halogenated alkanes) is 1. The SMILES string of the molecule is O=C1CCN(C(=O)CCCCC(=O)N2CCc3ccccc3C2)CC1. The van der Waals surface area contributed by atoms with Gasteiger partial charge < -0.3 is 9.80 Å². The Morgan fingerprint density at radius 1 is 0.800 bits per heavy atom. The van der Waals surface area contributed by atoms with Crippen molar-refractivity contribution in [2.45, 2.75) is 51.5 Å². The number of fused-ring (bicyclic) bond motifs is 1. The van der Waals surface area contributed by atoms with E-state index in [1.165, 1.54) is 11.1 Å². The van der Waals surface area contributed by atoms with Crippen LogP contribution in [-0.2, 0) is 27.3 Å². The molecule has 0 radical (unpaired) electrons. The highest BCUT2D eigenvalue weighted by Gasteiger charge is 2.21. The lowest BCUT2D eigenvalue weighted by Gasteiger charge is -2.29. The number of ketones is 1. The molecule has 1 aromatic rings. The number of piperidine rings is 1. The van der Waals surface area contributed by atoms with Gasteiger partial charge in [-0.3, -0.25) is 14.4 Å². The third-order valence-corrected chi connectivity index (χ3v) is 5.19. The van der Waals surface area contributed by atoms with Crippen LogP contribution in [0.25, 0.3) is 0 Å². The highest BCUT2D eigenvalue weighted by molar-refractivity contribution is 5.83. The Morgan fingerprint density at radius 2 is 1.36 bits per heavy atom. The van der Waals surface area contributed by atoms with Crippen LogP contribution in [0.3, 0.4) is 0 Å². The predicted molar refractivity (Wildman–Crippen MR) is 94.9 cm³/mol. The van der Waals surface area contributed by atoms with Crippen LogP contribution >= 0.6 is 0 Å². The molecule has 0 N–H and O–H groups in total. The summed E-state index contributed by atoms with van der Waals surface area (Å²) in [6.07, 6.45) is 4.36. The Kier molecular flexibility index (Phi) is 5.84. The molecule has 0 aromatic heterocycles. The summed E-state index contributed by atoms with van der Waals surface area (Å²) in [7, 11) is 0. The predicted octanol–water partition coefficient (Wildman–Crippen LogP) is 2.32. The average Bonchev–Trinajstić information content (AvgIpc) is 2.65. The van der Waals surface area contributed by atoms with E-state index in [9.17, 15) is 14.4 Å². The summed E-state index contributed by atoms with van der Waals surface area (Å²) in [4.78, 5) is 39.4. The van der Waals surface area contributed by atoms with Crippen LogP contribution in [0, 0.1) is 0 Å². The minimum absolute atomic E-state index is 0.117. The molecule has 3 rings (SSSR count). The number of Topliss-reactive ketones (excluding diaryl/α,β-unsaturated/α-hetero) is 1. The van der Waals surface area contributed by atoms with Gasteiger partial charge in [-0.15, -0.1) is 0 Å². The minimum atomic E-state index is 0.117. The molecule has 5 heteroatoms. The normalized spacial score (nSPS) is 17.4. The topological polar surface area (TPSA) is 57.7 Å². The first-order valence-electron chi connectivity index (χ1n) is 9.27. The number of carbonyl (C=O) groups is 3. The first-order chi connectivity index (χ1) is 12.1. The lowest BCUT2D eigenvalue weighted by Crippen LogP contribution is -2.38. The molecule has 0 spiro atoms. The number of nitrogens with zero attached hydrogens (tertiary/aromatic N) is 2. The second-order valence-electron chi connectivity index (χ2n) is 6.96. The van der Waals surface area contributed by atoms with E-state index < -0.39 is 0 Å². The maximum absolute atomic E-state index is 12.4. The van der Waals surface area contributed by atoms with Crippen LogP contribution in [0.15, 0.2) is 24.3 Å². The van der Waals surface area contributed by atoms with Crippen molar-refractivity contribution in [2.75, 3.05) is 19.6 Å². The van der Waals surface area contributed by atoms with Gasteiger partial charge in [0, 0.05) is 51.9 Å². The summed E-state index contributed by atoms with van der Waals surface area (Å²) in [6, 6.07) is 8.30. The molecule has 0 bridgehead atoms. The molecule has 0 atom stereocenters. The van der Waals surface area contributed by atoms with Crippen LogP contribution in [0.5, 0.6) is 0 Å². The van der Waals surface area contributed by atoms with Gasteiger partial charge in [-0.2, -0.15) is 0 Å². The minimum Gasteiger partial charge on any atom is -0.342 e. The number of hydrogen-bond donors (Lipinski definition) is 0. The summed E-state index contributed by atoms with van der Waals surface area (Å²) in [5.41, 5.74) is 2.59. The maximum Gasteiger partial charge on any atom is 0.222 e. The zero-order chi connectivity index (χ0) is 17.6. The molecular formula is C20H26N2O3. The van der Waals surface area contributed by atoms with Crippen molar-refractivity contribution in [2.24, 2.45) is 0 Å². The molecule has 5 nitrogen and oxygen atoms in total. The monoisotopic (exact) mass is 342 g/mol. The number of carbonyl (C=O) groups excluding carboxylic acids is 3. The van der Waals surface area contributed by atoms with E-state index in [4.69, 9.17) is 0 Å². The van der Waals surface area contributed by atoms with Gasteiger partial charge in [0.15, 0.2) is 0 Å². The Balaban J connectivity index is 1.36. The smallest absolute Gasteiger partial charge is 0.222 e. The summed E-state index contributed by atoms with van der Waals surface area (Å²) < 4.78 is 0. The Morgan fingerprint density at radius 3 is 2.04 bits per heavy atom. The Labute approximate surface area is 149 Å². The molecule has 1 saturated heterocycles. The van der Waals surface area contributed by atoms with E-state index in [0.717, 1.165) is 25.8 Å². The van der Waals surface area contributed by atoms with Crippen molar-refractivity contribution in [3.63, 3.8) is 0 Å². The quantitative estimate of drug-likeness (QED) is 0.772. The van der Waals surface area contributed by atoms with E-state index in [-0.39, 0.29) is 17.6 Å². The third kappa shape index (κ3) is 4.68. The molecule has 0 unspecified atom stereocenters. The maximum atomic E-state index is 12.4. The number of amides is 2. The third-order valence-electron chi connectivity index (χ3n) is 5.19. The fraction of sp³-hybridized carbons (Fsp3) is 0.550. The van der Waals surface area contributed by atoms with Crippen molar-refractivity contribution >= 4 is 17.6 Å². The van der Waals surface area contributed by atoms with Gasteiger partial charge in [0.2, 0.25) is 11.8 Å². The van der Waals surface area contributed by atoms with Gasteiger partial charge in [0.25, 0.3) is 0 Å². The van der Waals surface area contributed by atoms with Crippen LogP contribution < -0.4 is 0 Å². The molecule has 0 saturated carbocycles. The zero-order valence-corrected chi connectivity index (χ0v) is 14.7. The standard InChI is InChI=1S/C20H26N2O3/c23-18-10-13-21(14-11-18)19(24)7-3-4-8-20(25)22-12-9-16-5-1-2-6-17(16)15-22/h1-2,5-6H,3-4,7-15H2. The second kappa shape index (κ2) is 8.28. The highest BCUT2D eigenvalue weighted by atomic mass is 16.2. The fourth-order valence-electron chi connectivity index (χ4n) is 3.58. The number of hydrogen-bond acceptors (Lipinski definition) is 3. The summed E-state index contributed by atoms with van der Waals surface area (Å²) in [6.45, 7) is 2.61. The summed E-state index contributed by atoms with van der Waals surface area (Å²) >= 11 is 0. The van der Waals surface area contributed by atoms with Gasteiger partial charge in [-0.1, -0.05) is 24.3 Å². The molecule has 134 valence electrons. The molecule has 2 heterocycles. The first kappa shape index (κ1) is 17.6. The van der Waals surface area contributed by atoms with Crippen LogP contribution in [0.2, 0.25) is 0 Å². The first-order valence-corrected chi connectivity index (χ1v) is 9.27. The van der Waals surface area contributed by atoms with Gasteiger partial charge in [-0.25, -0.2) is 0 Å². The average molecular weight is 342 g/mol. The van der Waals surface area contributed by atoms with Crippen molar-refractivity contribution in [3.05, 3.63) is 35.4 Å². The van der Waals surface area contributed by atoms with Gasteiger partial charge >= 0.3 is 0 Å². The van der Waals surface area contributed by atoms with Crippen LogP contribution in [0.1, 0.15) is 49.7 Å². The molecule has 1 aromatic carbocycles. The fourth-order valence-corrected chi connectivity index (χ4v) is 3.58. The zero-order valence-electron chi connectivity index (χ0n) is 14.7. The van der Waals surface area contributed by atoms with Gasteiger partial charge in [-0.05, 0) is 30.4 Å². The number of benzene rings is 1. The van der Waals surface area contributed by atoms with E-state index >= 15 is 0 Å². The molecule has 0 aliphatic carbocycles. The van der Waals surface area contributed by atoms with Crippen LogP contribution in [-0.4, -0.2) is 47.0 Å². The van der Waals surface area contributed by atoms with E-state index in [1.54, 1.807) is 4.90 Å². The van der Waals surface area contributed by atoms with Crippen molar-refractivity contribution in [1.29, 1.82) is 0 Å². The Hall–Kier alpha value is -2.17. The molecule has 2 amide bonds. The molecule has 2 aliphatic rings. The van der Waals surface area contributed by atoms with E-state index in [0.29, 0.717) is 45.3 Å². The Bertz CT molecular complexity index is 646. The van der Waals surface area contributed by atoms with Crippen molar-refractivity contribution in [3.8, 4) is 0 Å². The highest BCUT2D eigenvalue weighted by Crippen LogP contribution is 2.19. The molecule has 1 fully saturated rings. The molecule has 25 heavy (non-hydrogen) atoms. The van der Waals surface area contributed by atoms with Gasteiger partial charge in [0.05, 0.1) is 0 Å². The lowest BCUT2D eigenvalue weighted by molar-refractivity contribution is -0.135. The molecular weight excluding hydrogens is 316 g/mol. The largest absolute Gasteiger partial charge is 0.342 e. The van der Waals surface area contributed by atoms with Gasteiger partial charge in [0.1, 0.15) is 5.78 Å². The van der Waals surface area contributed by atoms with Crippen LogP contribution in [0.4, 0.5) is 0 Å². The molecule has 2 aliphatic heterocycles. The number of rotatable bonds is 5. The number of likely N-dealkylation sites (tertiary alicyclic amines) is 1. The van der Waals surface area contributed by atoms with E-state index in [1.807, 2.05) is 17.0 Å². The lowest BCUT2D eigenvalue weighted by atomic mass is 9.99.